The molecule has 6 nitrogen and oxygen atoms in total. The molecule has 1 saturated heterocycles. The van der Waals surface area contributed by atoms with Crippen LogP contribution in [0.15, 0.2) is 22.7 Å². The van der Waals surface area contributed by atoms with Gasteiger partial charge in [-0.25, -0.2) is 0 Å². The van der Waals surface area contributed by atoms with Crippen molar-refractivity contribution in [2.75, 3.05) is 17.2 Å². The summed E-state index contributed by atoms with van der Waals surface area (Å²) in [5.41, 5.74) is 0.451. The van der Waals surface area contributed by atoms with E-state index in [1.165, 1.54) is 30.8 Å². The highest BCUT2D eigenvalue weighted by Crippen LogP contribution is 2.35. The maximum absolute atomic E-state index is 12.1. The number of nitro groups is 1. The van der Waals surface area contributed by atoms with Crippen LogP contribution in [-0.4, -0.2) is 28.2 Å². The highest BCUT2D eigenvalue weighted by molar-refractivity contribution is 9.10. The average molecular weight is 373 g/mol. The fourth-order valence-electron chi connectivity index (χ4n) is 2.18. The van der Waals surface area contributed by atoms with Gasteiger partial charge in [-0.15, -0.1) is 0 Å². The molecule has 2 rings (SSSR count). The second-order valence-corrected chi connectivity index (χ2v) is 6.82. The van der Waals surface area contributed by atoms with Crippen LogP contribution in [0, 0.1) is 16.0 Å². The van der Waals surface area contributed by atoms with Gasteiger partial charge in [0.25, 0.3) is 5.69 Å². The zero-order chi connectivity index (χ0) is 15.6. The molecular weight excluding hydrogens is 360 g/mol. The Morgan fingerprint density at radius 1 is 1.57 bits per heavy atom. The van der Waals surface area contributed by atoms with Crippen molar-refractivity contribution in [2.45, 2.75) is 13.3 Å². The molecule has 1 aromatic carbocycles. The highest BCUT2D eigenvalue weighted by Gasteiger charge is 2.32. The molecule has 112 valence electrons. The highest BCUT2D eigenvalue weighted by atomic mass is 79.9. The van der Waals surface area contributed by atoms with Crippen molar-refractivity contribution >= 4 is 50.1 Å². The first-order valence-electron chi connectivity index (χ1n) is 6.26. The maximum atomic E-state index is 12.1. The van der Waals surface area contributed by atoms with Gasteiger partial charge in [-0.3, -0.25) is 19.7 Å². The number of amides is 1. The van der Waals surface area contributed by atoms with Crippen molar-refractivity contribution in [3.63, 3.8) is 0 Å². The Hall–Kier alpha value is -1.41. The van der Waals surface area contributed by atoms with E-state index >= 15 is 0 Å². The van der Waals surface area contributed by atoms with Crippen LogP contribution in [0.2, 0.25) is 0 Å². The topological polar surface area (TPSA) is 80.5 Å². The van der Waals surface area contributed by atoms with Gasteiger partial charge in [0, 0.05) is 42.2 Å². The number of thioether (sulfide) groups is 1. The first-order chi connectivity index (χ1) is 9.88. The van der Waals surface area contributed by atoms with Crippen LogP contribution in [0.1, 0.15) is 13.3 Å². The van der Waals surface area contributed by atoms with Crippen LogP contribution in [0.3, 0.4) is 0 Å². The Morgan fingerprint density at radius 2 is 2.29 bits per heavy atom. The molecule has 1 amide bonds. The number of benzene rings is 1. The van der Waals surface area contributed by atoms with Gasteiger partial charge in [0.1, 0.15) is 0 Å². The molecule has 0 radical (unpaired) electrons. The number of halogens is 1. The molecule has 0 saturated carbocycles. The molecule has 0 spiro atoms. The summed E-state index contributed by atoms with van der Waals surface area (Å²) in [6.07, 6.45) is 0.357. The van der Waals surface area contributed by atoms with Gasteiger partial charge < -0.3 is 4.90 Å². The second-order valence-electron chi connectivity index (χ2n) is 4.77. The third-order valence-corrected chi connectivity index (χ3v) is 4.87. The van der Waals surface area contributed by atoms with Crippen LogP contribution in [0.25, 0.3) is 0 Å². The van der Waals surface area contributed by atoms with E-state index in [9.17, 15) is 19.7 Å². The van der Waals surface area contributed by atoms with E-state index in [1.54, 1.807) is 11.0 Å². The molecule has 0 aliphatic carbocycles. The lowest BCUT2D eigenvalue weighted by molar-refractivity contribution is -0.384. The predicted octanol–water partition coefficient (Wildman–Crippen LogP) is 2.99. The van der Waals surface area contributed by atoms with Crippen LogP contribution < -0.4 is 4.90 Å². The number of nitro benzene ring substituents is 1. The van der Waals surface area contributed by atoms with Gasteiger partial charge in [-0.05, 0) is 27.9 Å². The smallest absolute Gasteiger partial charge is 0.271 e. The summed E-state index contributed by atoms with van der Waals surface area (Å²) in [6.45, 7) is 1.97. The van der Waals surface area contributed by atoms with Gasteiger partial charge in [0.2, 0.25) is 5.91 Å². The van der Waals surface area contributed by atoms with Gasteiger partial charge in [0.15, 0.2) is 5.12 Å². The molecule has 0 aromatic heterocycles. The summed E-state index contributed by atoms with van der Waals surface area (Å²) in [5, 5.41) is 10.9. The number of hydrogen-bond acceptors (Lipinski definition) is 5. The number of rotatable bonds is 4. The molecule has 8 heteroatoms. The van der Waals surface area contributed by atoms with Crippen molar-refractivity contribution < 1.29 is 14.5 Å². The Bertz CT molecular complexity index is 608. The number of anilines is 1. The number of carbonyl (C=O) groups is 2. The standard InChI is InChI=1S/C13H13BrN2O4S/c1-8(17)21-7-9-4-13(18)15(6-9)12-5-10(16(19)20)2-3-11(12)14/h2-3,5,9H,4,6-7H2,1H3. The van der Waals surface area contributed by atoms with E-state index in [-0.39, 0.29) is 22.6 Å². The summed E-state index contributed by atoms with van der Waals surface area (Å²) in [6, 6.07) is 4.35. The summed E-state index contributed by atoms with van der Waals surface area (Å²) >= 11 is 4.53. The molecule has 1 fully saturated rings. The van der Waals surface area contributed by atoms with Gasteiger partial charge >= 0.3 is 0 Å². The fourth-order valence-corrected chi connectivity index (χ4v) is 3.34. The first-order valence-corrected chi connectivity index (χ1v) is 8.04. The Labute approximate surface area is 134 Å². The normalized spacial score (nSPS) is 18.1. The van der Waals surface area contributed by atoms with Crippen LogP contribution in [0.5, 0.6) is 0 Å². The fraction of sp³-hybridized carbons (Fsp3) is 0.385. The number of hydrogen-bond donors (Lipinski definition) is 0. The molecule has 1 aromatic rings. The van der Waals surface area contributed by atoms with Crippen LogP contribution in [-0.2, 0) is 9.59 Å². The van der Waals surface area contributed by atoms with E-state index in [1.807, 2.05) is 0 Å². The minimum absolute atomic E-state index is 0.0254. The molecule has 21 heavy (non-hydrogen) atoms. The molecule has 0 N–H and O–H groups in total. The van der Waals surface area contributed by atoms with Crippen LogP contribution >= 0.6 is 27.7 Å². The van der Waals surface area contributed by atoms with Crippen molar-refractivity contribution in [1.29, 1.82) is 0 Å². The largest absolute Gasteiger partial charge is 0.311 e. The van der Waals surface area contributed by atoms with Gasteiger partial charge in [-0.2, -0.15) is 0 Å². The molecule has 1 aliphatic rings. The quantitative estimate of drug-likeness (QED) is 0.599. The zero-order valence-corrected chi connectivity index (χ0v) is 13.6. The van der Waals surface area contributed by atoms with E-state index in [0.29, 0.717) is 28.9 Å². The summed E-state index contributed by atoms with van der Waals surface area (Å²) in [4.78, 5) is 35.0. The lowest BCUT2D eigenvalue weighted by Crippen LogP contribution is -2.25. The minimum atomic E-state index is -0.487. The lowest BCUT2D eigenvalue weighted by Gasteiger charge is -2.18. The third kappa shape index (κ3) is 3.82. The minimum Gasteiger partial charge on any atom is -0.311 e. The van der Waals surface area contributed by atoms with Crippen LogP contribution in [0.4, 0.5) is 11.4 Å². The molecule has 1 heterocycles. The number of carbonyl (C=O) groups excluding carboxylic acids is 2. The number of nitrogens with zero attached hydrogens (tertiary/aromatic N) is 2. The SMILES string of the molecule is CC(=O)SCC1CC(=O)N(c2cc([N+](=O)[O-])ccc2Br)C1. The second kappa shape index (κ2) is 6.57. The van der Waals surface area contributed by atoms with Crippen molar-refractivity contribution in [3.8, 4) is 0 Å². The Kier molecular flexibility index (Phi) is 5.00. The molecule has 1 atom stereocenters. The number of non-ortho nitro benzene ring substituents is 1. The summed E-state index contributed by atoms with van der Waals surface area (Å²) in [7, 11) is 0. The van der Waals surface area contributed by atoms with Gasteiger partial charge in [-0.1, -0.05) is 11.8 Å². The monoisotopic (exact) mass is 372 g/mol. The molecule has 0 bridgehead atoms. The average Bonchev–Trinajstić information content (AvgIpc) is 2.78. The third-order valence-electron chi connectivity index (χ3n) is 3.16. The molecule has 1 unspecified atom stereocenters. The van der Waals surface area contributed by atoms with E-state index in [2.05, 4.69) is 15.9 Å². The van der Waals surface area contributed by atoms with E-state index in [0.717, 1.165) is 0 Å². The van der Waals surface area contributed by atoms with E-state index in [4.69, 9.17) is 0 Å². The maximum Gasteiger partial charge on any atom is 0.271 e. The predicted molar refractivity (Wildman–Crippen MR) is 84.4 cm³/mol. The van der Waals surface area contributed by atoms with E-state index < -0.39 is 4.92 Å². The molecule has 1 aliphatic heterocycles. The first kappa shape index (κ1) is 16.0. The lowest BCUT2D eigenvalue weighted by atomic mass is 10.1. The van der Waals surface area contributed by atoms with Crippen molar-refractivity contribution in [2.24, 2.45) is 5.92 Å². The molecular formula is C13H13BrN2O4S. The zero-order valence-electron chi connectivity index (χ0n) is 11.2. The van der Waals surface area contributed by atoms with Gasteiger partial charge in [0.05, 0.1) is 10.6 Å². The Morgan fingerprint density at radius 3 is 2.90 bits per heavy atom. The van der Waals surface area contributed by atoms with Crippen molar-refractivity contribution in [3.05, 3.63) is 32.8 Å². The van der Waals surface area contributed by atoms with Crippen molar-refractivity contribution in [1.82, 2.24) is 0 Å². The Balaban J connectivity index is 2.18. The summed E-state index contributed by atoms with van der Waals surface area (Å²) < 4.78 is 0.640. The summed E-state index contributed by atoms with van der Waals surface area (Å²) in [5.74, 6) is 0.590.